The van der Waals surface area contributed by atoms with Crippen molar-refractivity contribution in [3.8, 4) is 5.75 Å². The molecule has 1 saturated heterocycles. The quantitative estimate of drug-likeness (QED) is 0.391. The number of ether oxygens (including phenoxy) is 2. The third kappa shape index (κ3) is 4.37. The summed E-state index contributed by atoms with van der Waals surface area (Å²) in [5.74, 6) is 0.609. The summed E-state index contributed by atoms with van der Waals surface area (Å²) >= 11 is 2.07. The molecule has 4 rings (SSSR count). The number of para-hydroxylation sites is 1. The molecule has 0 saturated carbocycles. The van der Waals surface area contributed by atoms with Crippen molar-refractivity contribution >= 4 is 44.4 Å². The van der Waals surface area contributed by atoms with Gasteiger partial charge >= 0.3 is 6.09 Å². The summed E-state index contributed by atoms with van der Waals surface area (Å²) in [4.78, 5) is 14.3. The maximum absolute atomic E-state index is 13.6. The van der Waals surface area contributed by atoms with Crippen molar-refractivity contribution in [2.75, 3.05) is 22.6 Å². The zero-order valence-electron chi connectivity index (χ0n) is 16.7. The third-order valence-electron chi connectivity index (χ3n) is 5.61. The van der Waals surface area contributed by atoms with E-state index in [-0.39, 0.29) is 30.6 Å². The Morgan fingerprint density at radius 1 is 1.13 bits per heavy atom. The zero-order chi connectivity index (χ0) is 22.0. The molecule has 2 aromatic rings. The fourth-order valence-electron chi connectivity index (χ4n) is 4.07. The van der Waals surface area contributed by atoms with Gasteiger partial charge in [-0.15, -0.1) is 0 Å². The smallest absolute Gasteiger partial charge is 0.414 e. The van der Waals surface area contributed by atoms with Gasteiger partial charge < -0.3 is 9.47 Å². The van der Waals surface area contributed by atoms with Crippen LogP contribution in [-0.4, -0.2) is 42.6 Å². The Morgan fingerprint density at radius 3 is 2.48 bits per heavy atom. The molecule has 1 fully saturated rings. The fraction of sp³-hybridized carbons (Fsp3) is 0.381. The lowest BCUT2D eigenvalue weighted by molar-refractivity contribution is 0.135. The van der Waals surface area contributed by atoms with Gasteiger partial charge in [0.25, 0.3) is 0 Å². The van der Waals surface area contributed by atoms with E-state index < -0.39 is 22.8 Å². The van der Waals surface area contributed by atoms with Crippen molar-refractivity contribution in [3.63, 3.8) is 0 Å². The number of hydrogen-bond donors (Lipinski definition) is 0. The Balaban J connectivity index is 1.51. The predicted molar refractivity (Wildman–Crippen MR) is 122 cm³/mol. The van der Waals surface area contributed by atoms with Crippen LogP contribution in [0.1, 0.15) is 24.0 Å². The number of carbonyl (C=O) groups is 1. The average Bonchev–Trinajstić information content (AvgIpc) is 2.79. The molecule has 0 aromatic heterocycles. The number of sulfonamides is 1. The van der Waals surface area contributed by atoms with Crippen LogP contribution < -0.4 is 9.64 Å². The van der Waals surface area contributed by atoms with Crippen LogP contribution in [0.5, 0.6) is 5.75 Å². The maximum atomic E-state index is 13.6. The molecule has 166 valence electrons. The molecule has 7 nitrogen and oxygen atoms in total. The van der Waals surface area contributed by atoms with Crippen LogP contribution in [0.15, 0.2) is 47.4 Å². The summed E-state index contributed by atoms with van der Waals surface area (Å²) in [5, 5.41) is 0. The Morgan fingerprint density at radius 2 is 1.84 bits per heavy atom. The van der Waals surface area contributed by atoms with E-state index in [1.54, 1.807) is 24.3 Å². The molecular formula is C21H22FIN2O5S. The van der Waals surface area contributed by atoms with Gasteiger partial charge in [-0.2, -0.15) is 4.31 Å². The van der Waals surface area contributed by atoms with Gasteiger partial charge in [0.05, 0.1) is 10.6 Å². The maximum Gasteiger partial charge on any atom is 0.414 e. The second-order valence-electron chi connectivity index (χ2n) is 7.34. The highest BCUT2D eigenvalue weighted by Crippen LogP contribution is 2.36. The molecule has 2 aromatic carbocycles. The molecule has 0 spiro atoms. The number of nitrogens with zero attached hydrogens (tertiary/aromatic N) is 2. The topological polar surface area (TPSA) is 76.2 Å². The van der Waals surface area contributed by atoms with E-state index in [0.29, 0.717) is 34.5 Å². The molecule has 31 heavy (non-hydrogen) atoms. The van der Waals surface area contributed by atoms with E-state index >= 15 is 0 Å². The van der Waals surface area contributed by atoms with Crippen LogP contribution in [-0.2, 0) is 28.0 Å². The average molecular weight is 560 g/mol. The Kier molecular flexibility index (Phi) is 6.68. The number of hydrogen-bond acceptors (Lipinski definition) is 5. The number of carbonyl (C=O) groups excluding carboxylic acids is 1. The third-order valence-corrected chi connectivity index (χ3v) is 7.83. The number of benzene rings is 2. The summed E-state index contributed by atoms with van der Waals surface area (Å²) in [7, 11) is -3.65. The first-order valence-electron chi connectivity index (χ1n) is 9.87. The molecule has 0 N–H and O–H groups in total. The zero-order valence-corrected chi connectivity index (χ0v) is 19.6. The van der Waals surface area contributed by atoms with Crippen LogP contribution in [0.2, 0.25) is 0 Å². The lowest BCUT2D eigenvalue weighted by atomic mass is 9.99. The van der Waals surface area contributed by atoms with Gasteiger partial charge in [-0.25, -0.2) is 17.6 Å². The first-order valence-corrected chi connectivity index (χ1v) is 12.8. The predicted octanol–water partition coefficient (Wildman–Crippen LogP) is 4.24. The minimum absolute atomic E-state index is 0.114. The van der Waals surface area contributed by atoms with Gasteiger partial charge in [-0.3, -0.25) is 4.90 Å². The van der Waals surface area contributed by atoms with E-state index in [1.807, 2.05) is 6.07 Å². The number of fused-ring (bicyclic) bond motifs is 1. The normalized spacial score (nSPS) is 17.9. The molecule has 0 atom stereocenters. The summed E-state index contributed by atoms with van der Waals surface area (Å²) in [5.41, 5.74) is 1.77. The number of piperidine rings is 1. The highest BCUT2D eigenvalue weighted by Gasteiger charge is 2.38. The summed E-state index contributed by atoms with van der Waals surface area (Å²) < 4.78 is 52.2. The number of halogens is 2. The Labute approximate surface area is 194 Å². The van der Waals surface area contributed by atoms with Crippen LogP contribution in [0.4, 0.5) is 14.9 Å². The van der Waals surface area contributed by atoms with Crippen molar-refractivity contribution in [3.05, 3.63) is 53.6 Å². The summed E-state index contributed by atoms with van der Waals surface area (Å²) in [6.07, 6.45) is 0.357. The fourth-order valence-corrected chi connectivity index (χ4v) is 5.90. The number of rotatable bonds is 6. The molecule has 1 amide bonds. The number of anilines is 1. The van der Waals surface area contributed by atoms with E-state index in [1.165, 1.54) is 21.3 Å². The van der Waals surface area contributed by atoms with Crippen LogP contribution >= 0.6 is 22.6 Å². The van der Waals surface area contributed by atoms with Gasteiger partial charge in [0.2, 0.25) is 10.0 Å². The van der Waals surface area contributed by atoms with E-state index in [4.69, 9.17) is 9.47 Å². The van der Waals surface area contributed by atoms with Gasteiger partial charge in [-0.05, 0) is 59.7 Å². The molecule has 2 aliphatic rings. The molecule has 0 aliphatic carbocycles. The van der Waals surface area contributed by atoms with Crippen molar-refractivity contribution in [1.29, 1.82) is 0 Å². The second-order valence-corrected chi connectivity index (χ2v) is 9.90. The second kappa shape index (κ2) is 9.29. The first kappa shape index (κ1) is 22.3. The monoisotopic (exact) mass is 560 g/mol. The van der Waals surface area contributed by atoms with Crippen LogP contribution in [0.3, 0.4) is 0 Å². The van der Waals surface area contributed by atoms with Crippen molar-refractivity contribution in [2.24, 2.45) is 0 Å². The number of alkyl halides is 2. The van der Waals surface area contributed by atoms with Crippen molar-refractivity contribution in [2.45, 2.75) is 37.1 Å². The van der Waals surface area contributed by atoms with Gasteiger partial charge in [0.15, 0.2) is 0 Å². The highest BCUT2D eigenvalue weighted by atomic mass is 127. The Hall–Kier alpha value is -1.92. The standard InChI is InChI=1S/C21H22FIN2O5S/c22-12-15-2-1-3-16-13-29-21(26)25(20(15)16)17-8-10-24(11-9-17)31(27,28)19-6-4-18(5-7-19)30-14-23/h1-7,17H,8-14H2. The van der Waals surface area contributed by atoms with Crippen molar-refractivity contribution < 1.29 is 27.1 Å². The number of cyclic esters (lactones) is 1. The van der Waals surface area contributed by atoms with Crippen LogP contribution in [0, 0.1) is 0 Å². The van der Waals surface area contributed by atoms with Gasteiger partial charge in [0, 0.05) is 30.3 Å². The molecule has 0 bridgehead atoms. The highest BCUT2D eigenvalue weighted by molar-refractivity contribution is 14.1. The van der Waals surface area contributed by atoms with Crippen LogP contribution in [0.25, 0.3) is 0 Å². The van der Waals surface area contributed by atoms with Gasteiger partial charge in [-0.1, -0.05) is 18.2 Å². The molecule has 2 aliphatic heterocycles. The SMILES string of the molecule is O=C1OCc2cccc(CF)c2N1C1CCN(S(=O)(=O)c2ccc(OCI)cc2)CC1. The Bertz CT molecular complexity index is 1040. The molecule has 0 unspecified atom stereocenters. The minimum atomic E-state index is -3.65. The lowest BCUT2D eigenvalue weighted by Gasteiger charge is -2.40. The largest absolute Gasteiger partial charge is 0.483 e. The molecule has 2 heterocycles. The molecular weight excluding hydrogens is 538 g/mol. The van der Waals surface area contributed by atoms with Gasteiger partial charge in [0.1, 0.15) is 23.6 Å². The minimum Gasteiger partial charge on any atom is -0.483 e. The first-order chi connectivity index (χ1) is 15.0. The lowest BCUT2D eigenvalue weighted by Crippen LogP contribution is -2.50. The summed E-state index contributed by atoms with van der Waals surface area (Å²) in [6.45, 7) is -0.0493. The summed E-state index contributed by atoms with van der Waals surface area (Å²) in [6, 6.07) is 11.3. The van der Waals surface area contributed by atoms with Crippen molar-refractivity contribution in [1.82, 2.24) is 4.31 Å². The molecule has 10 heteroatoms. The molecule has 0 radical (unpaired) electrons. The van der Waals surface area contributed by atoms with E-state index in [9.17, 15) is 17.6 Å². The van der Waals surface area contributed by atoms with E-state index in [2.05, 4.69) is 22.6 Å². The number of amides is 1. The van der Waals surface area contributed by atoms with E-state index in [0.717, 1.165) is 5.56 Å².